The zero-order valence-corrected chi connectivity index (χ0v) is 17.1. The molecule has 2 N–H and O–H groups in total. The minimum absolute atomic E-state index is 0.00287. The predicted molar refractivity (Wildman–Crippen MR) is 116 cm³/mol. The van der Waals surface area contributed by atoms with Crippen LogP contribution in [0.4, 0.5) is 11.4 Å². The van der Waals surface area contributed by atoms with Crippen LogP contribution in [-0.2, 0) is 16.1 Å². The number of amides is 3. The molecule has 2 aromatic carbocycles. The summed E-state index contributed by atoms with van der Waals surface area (Å²) in [6.45, 7) is 0.604. The maximum atomic E-state index is 12.9. The van der Waals surface area contributed by atoms with Gasteiger partial charge in [0.25, 0.3) is 11.5 Å². The standard InChI is InChI=1S/C22H20N6O4/c29-19(9-11-28-22(32)14-4-1-2-5-17(14)25-26-28)23-13-7-8-16-15(12-13)21(31)27-10-3-6-18(27)20(30)24-16/h1-2,4-5,7-8,12,18H,3,6,9-11H2,(H,23,29)(H,24,30). The predicted octanol–water partition coefficient (Wildman–Crippen LogP) is 1.38. The first kappa shape index (κ1) is 19.9. The molecule has 3 amide bonds. The Balaban J connectivity index is 1.30. The van der Waals surface area contributed by atoms with Crippen molar-refractivity contribution < 1.29 is 14.4 Å². The molecule has 1 saturated heterocycles. The average Bonchev–Trinajstić information content (AvgIpc) is 3.26. The summed E-state index contributed by atoms with van der Waals surface area (Å²) in [4.78, 5) is 51.9. The van der Waals surface area contributed by atoms with Gasteiger partial charge in [0.1, 0.15) is 11.6 Å². The normalized spacial score (nSPS) is 17.5. The maximum absolute atomic E-state index is 12.9. The van der Waals surface area contributed by atoms with Crippen molar-refractivity contribution in [3.05, 3.63) is 58.4 Å². The van der Waals surface area contributed by atoms with Gasteiger partial charge >= 0.3 is 0 Å². The van der Waals surface area contributed by atoms with Crippen molar-refractivity contribution in [1.29, 1.82) is 0 Å². The molecule has 0 bridgehead atoms. The molecule has 0 radical (unpaired) electrons. The molecule has 32 heavy (non-hydrogen) atoms. The Hall–Kier alpha value is -4.08. The molecule has 162 valence electrons. The number of aromatic nitrogens is 3. The van der Waals surface area contributed by atoms with E-state index in [1.807, 2.05) is 0 Å². The smallest absolute Gasteiger partial charge is 0.277 e. The quantitative estimate of drug-likeness (QED) is 0.641. The third kappa shape index (κ3) is 3.49. The van der Waals surface area contributed by atoms with Crippen molar-refractivity contribution in [2.24, 2.45) is 0 Å². The highest BCUT2D eigenvalue weighted by Crippen LogP contribution is 2.30. The number of benzene rings is 2. The minimum atomic E-state index is -0.450. The Labute approximate surface area is 182 Å². The number of fused-ring (bicyclic) bond motifs is 3. The molecular formula is C22H20N6O4. The van der Waals surface area contributed by atoms with E-state index in [9.17, 15) is 19.2 Å². The van der Waals surface area contributed by atoms with Crippen LogP contribution in [0.25, 0.3) is 10.9 Å². The summed E-state index contributed by atoms with van der Waals surface area (Å²) in [5.74, 6) is -0.751. The third-order valence-corrected chi connectivity index (χ3v) is 5.79. The van der Waals surface area contributed by atoms with Crippen LogP contribution in [0, 0.1) is 0 Å². The largest absolute Gasteiger partial charge is 0.327 e. The van der Waals surface area contributed by atoms with E-state index in [-0.39, 0.29) is 36.2 Å². The van der Waals surface area contributed by atoms with Crippen molar-refractivity contribution >= 4 is 40.0 Å². The second kappa shape index (κ2) is 7.88. The summed E-state index contributed by atoms with van der Waals surface area (Å²) in [7, 11) is 0. The molecule has 5 rings (SSSR count). The zero-order chi connectivity index (χ0) is 22.2. The van der Waals surface area contributed by atoms with Crippen molar-refractivity contribution in [3.63, 3.8) is 0 Å². The summed E-state index contributed by atoms with van der Waals surface area (Å²) in [6, 6.07) is 11.2. The molecule has 0 aliphatic carbocycles. The molecule has 1 aromatic heterocycles. The lowest BCUT2D eigenvalue weighted by Gasteiger charge is -2.20. The van der Waals surface area contributed by atoms with Gasteiger partial charge in [-0.25, -0.2) is 4.68 Å². The third-order valence-electron chi connectivity index (χ3n) is 5.79. The number of hydrogen-bond acceptors (Lipinski definition) is 6. The van der Waals surface area contributed by atoms with Gasteiger partial charge in [-0.3, -0.25) is 19.2 Å². The van der Waals surface area contributed by atoms with E-state index < -0.39 is 6.04 Å². The Morgan fingerprint density at radius 3 is 2.88 bits per heavy atom. The summed E-state index contributed by atoms with van der Waals surface area (Å²) >= 11 is 0. The molecular weight excluding hydrogens is 412 g/mol. The van der Waals surface area contributed by atoms with E-state index in [0.717, 1.165) is 11.1 Å². The number of nitrogens with zero attached hydrogens (tertiary/aromatic N) is 4. The zero-order valence-electron chi connectivity index (χ0n) is 17.1. The van der Waals surface area contributed by atoms with Crippen LogP contribution in [0.1, 0.15) is 29.6 Å². The molecule has 1 unspecified atom stereocenters. The van der Waals surface area contributed by atoms with Crippen molar-refractivity contribution in [2.45, 2.75) is 31.8 Å². The van der Waals surface area contributed by atoms with E-state index in [4.69, 9.17) is 0 Å². The van der Waals surface area contributed by atoms with E-state index in [1.54, 1.807) is 47.4 Å². The van der Waals surface area contributed by atoms with Crippen molar-refractivity contribution in [3.8, 4) is 0 Å². The number of nitrogens with one attached hydrogen (secondary N) is 2. The molecule has 10 nitrogen and oxygen atoms in total. The van der Waals surface area contributed by atoms with Gasteiger partial charge in [-0.15, -0.1) is 5.10 Å². The fraction of sp³-hybridized carbons (Fsp3) is 0.273. The Morgan fingerprint density at radius 1 is 1.16 bits per heavy atom. The van der Waals surface area contributed by atoms with Crippen LogP contribution in [0.15, 0.2) is 47.3 Å². The van der Waals surface area contributed by atoms with E-state index in [0.29, 0.717) is 40.8 Å². The number of carbonyl (C=O) groups is 3. The Bertz CT molecular complexity index is 1320. The highest BCUT2D eigenvalue weighted by molar-refractivity contribution is 6.11. The highest BCUT2D eigenvalue weighted by Gasteiger charge is 2.38. The lowest BCUT2D eigenvalue weighted by Crippen LogP contribution is -2.40. The SMILES string of the molecule is O=C(CCn1nnc2ccccc2c1=O)Nc1ccc2c(c1)C(=O)N1CCCC1C(=O)N2. The van der Waals surface area contributed by atoms with Gasteiger partial charge in [-0.05, 0) is 43.2 Å². The topological polar surface area (TPSA) is 126 Å². The van der Waals surface area contributed by atoms with E-state index in [1.165, 1.54) is 0 Å². The fourth-order valence-electron chi connectivity index (χ4n) is 4.16. The Morgan fingerprint density at radius 2 is 2.00 bits per heavy atom. The number of anilines is 2. The lowest BCUT2D eigenvalue weighted by molar-refractivity contribution is -0.119. The molecule has 2 aliphatic rings. The second-order valence-electron chi connectivity index (χ2n) is 7.84. The van der Waals surface area contributed by atoms with E-state index >= 15 is 0 Å². The molecule has 0 saturated carbocycles. The maximum Gasteiger partial charge on any atom is 0.277 e. The second-order valence-corrected chi connectivity index (χ2v) is 7.84. The van der Waals surface area contributed by atoms with Gasteiger partial charge < -0.3 is 15.5 Å². The first-order valence-corrected chi connectivity index (χ1v) is 10.4. The van der Waals surface area contributed by atoms with Crippen LogP contribution in [-0.4, -0.2) is 50.2 Å². The van der Waals surface area contributed by atoms with Crippen LogP contribution in [0.3, 0.4) is 0 Å². The average molecular weight is 432 g/mol. The summed E-state index contributed by atoms with van der Waals surface area (Å²) in [5, 5.41) is 13.9. The van der Waals surface area contributed by atoms with Gasteiger partial charge in [0.15, 0.2) is 0 Å². The summed E-state index contributed by atoms with van der Waals surface area (Å²) in [5.41, 5.74) is 1.41. The molecule has 0 spiro atoms. The van der Waals surface area contributed by atoms with Crippen molar-refractivity contribution in [1.82, 2.24) is 19.9 Å². The summed E-state index contributed by atoms with van der Waals surface area (Å²) < 4.78 is 1.16. The lowest BCUT2D eigenvalue weighted by atomic mass is 10.1. The minimum Gasteiger partial charge on any atom is -0.327 e. The van der Waals surface area contributed by atoms with Crippen LogP contribution in [0.5, 0.6) is 0 Å². The number of rotatable bonds is 4. The fourth-order valence-corrected chi connectivity index (χ4v) is 4.16. The van der Waals surface area contributed by atoms with Crippen LogP contribution < -0.4 is 16.2 Å². The van der Waals surface area contributed by atoms with Gasteiger partial charge in [-0.2, -0.15) is 0 Å². The van der Waals surface area contributed by atoms with Crippen LogP contribution in [0.2, 0.25) is 0 Å². The van der Waals surface area contributed by atoms with Gasteiger partial charge in [0.05, 0.1) is 23.2 Å². The molecule has 1 atom stereocenters. The molecule has 3 heterocycles. The molecule has 10 heteroatoms. The first-order chi connectivity index (χ1) is 15.5. The monoisotopic (exact) mass is 432 g/mol. The summed E-state index contributed by atoms with van der Waals surface area (Å²) in [6.07, 6.45) is 1.43. The Kier molecular flexibility index (Phi) is 4.89. The number of carbonyl (C=O) groups excluding carboxylic acids is 3. The molecule has 1 fully saturated rings. The number of hydrogen-bond donors (Lipinski definition) is 2. The number of aryl methyl sites for hydroxylation is 1. The molecule has 3 aromatic rings. The highest BCUT2D eigenvalue weighted by atomic mass is 16.2. The van der Waals surface area contributed by atoms with Gasteiger partial charge in [0.2, 0.25) is 11.8 Å². The molecule has 2 aliphatic heterocycles. The van der Waals surface area contributed by atoms with Gasteiger partial charge in [-0.1, -0.05) is 17.3 Å². The van der Waals surface area contributed by atoms with Crippen LogP contribution >= 0.6 is 0 Å². The van der Waals surface area contributed by atoms with E-state index in [2.05, 4.69) is 20.9 Å². The van der Waals surface area contributed by atoms with Gasteiger partial charge in [0, 0.05) is 18.7 Å². The van der Waals surface area contributed by atoms with Crippen molar-refractivity contribution in [2.75, 3.05) is 17.2 Å². The first-order valence-electron chi connectivity index (χ1n) is 10.4.